The van der Waals surface area contributed by atoms with Gasteiger partial charge >= 0.3 is 0 Å². The van der Waals surface area contributed by atoms with E-state index >= 15 is 0 Å². The van der Waals surface area contributed by atoms with Crippen molar-refractivity contribution in [3.63, 3.8) is 0 Å². The molecule has 2 unspecified atom stereocenters. The first-order valence-corrected chi connectivity index (χ1v) is 3.96. The zero-order valence-electron chi connectivity index (χ0n) is 7.65. The van der Waals surface area contributed by atoms with Crippen molar-refractivity contribution in [1.29, 1.82) is 0 Å². The molecule has 1 heterocycles. The Bertz CT molecular complexity index is 248. The highest BCUT2D eigenvalue weighted by Crippen LogP contribution is 2.12. The third-order valence-corrected chi connectivity index (χ3v) is 1.99. The van der Waals surface area contributed by atoms with Crippen molar-refractivity contribution in [1.82, 2.24) is 9.78 Å². The number of aryl methyl sites for hydroxylation is 2. The van der Waals surface area contributed by atoms with Gasteiger partial charge < -0.3 is 10.8 Å². The number of rotatable bonds is 2. The van der Waals surface area contributed by atoms with E-state index in [0.717, 1.165) is 11.4 Å². The summed E-state index contributed by atoms with van der Waals surface area (Å²) in [6.07, 6.45) is -0.556. The van der Waals surface area contributed by atoms with E-state index in [4.69, 9.17) is 5.73 Å². The Morgan fingerprint density at radius 2 is 2.25 bits per heavy atom. The molecule has 1 aromatic rings. The highest BCUT2D eigenvalue weighted by atomic mass is 16.3. The van der Waals surface area contributed by atoms with E-state index in [1.165, 1.54) is 0 Å². The second-order valence-corrected chi connectivity index (χ2v) is 3.10. The van der Waals surface area contributed by atoms with Crippen LogP contribution in [0.2, 0.25) is 0 Å². The molecular formula is C8H15N3O. The van der Waals surface area contributed by atoms with Crippen LogP contribution in [0, 0.1) is 6.92 Å². The average Bonchev–Trinajstić information content (AvgIpc) is 2.30. The van der Waals surface area contributed by atoms with Gasteiger partial charge in [-0.2, -0.15) is 5.10 Å². The zero-order valence-corrected chi connectivity index (χ0v) is 7.65. The quantitative estimate of drug-likeness (QED) is 0.660. The molecule has 0 amide bonds. The van der Waals surface area contributed by atoms with E-state index in [-0.39, 0.29) is 6.04 Å². The topological polar surface area (TPSA) is 64.1 Å². The first-order chi connectivity index (χ1) is 5.52. The molecule has 0 fully saturated rings. The molecule has 68 valence electrons. The molecule has 1 rings (SSSR count). The third kappa shape index (κ3) is 1.65. The molecule has 4 nitrogen and oxygen atoms in total. The average molecular weight is 169 g/mol. The Balaban J connectivity index is 2.89. The van der Waals surface area contributed by atoms with Gasteiger partial charge in [-0.1, -0.05) is 0 Å². The van der Waals surface area contributed by atoms with Gasteiger partial charge in [0.05, 0.1) is 17.8 Å². The molecule has 0 spiro atoms. The number of aliphatic hydroxyl groups excluding tert-OH is 1. The van der Waals surface area contributed by atoms with Crippen LogP contribution < -0.4 is 5.73 Å². The molecule has 0 aliphatic rings. The molecule has 0 aliphatic carbocycles. The largest absolute Gasteiger partial charge is 0.391 e. The van der Waals surface area contributed by atoms with Crippen LogP contribution in [0.1, 0.15) is 24.4 Å². The number of nitrogens with zero attached hydrogens (tertiary/aromatic N) is 2. The van der Waals surface area contributed by atoms with E-state index in [1.54, 1.807) is 11.6 Å². The van der Waals surface area contributed by atoms with Crippen molar-refractivity contribution < 1.29 is 5.11 Å². The Morgan fingerprint density at radius 3 is 2.58 bits per heavy atom. The summed E-state index contributed by atoms with van der Waals surface area (Å²) in [6, 6.07) is 1.50. The van der Waals surface area contributed by atoms with Crippen molar-refractivity contribution in [2.75, 3.05) is 0 Å². The molecule has 4 heteroatoms. The number of nitrogens with two attached hydrogens (primary N) is 1. The fourth-order valence-electron chi connectivity index (χ4n) is 0.998. The number of aliphatic hydroxyl groups is 1. The minimum Gasteiger partial charge on any atom is -0.391 e. The smallest absolute Gasteiger partial charge is 0.0820 e. The molecule has 1 aromatic heterocycles. The highest BCUT2D eigenvalue weighted by Gasteiger charge is 2.15. The number of hydrogen-bond donors (Lipinski definition) is 2. The zero-order chi connectivity index (χ0) is 9.30. The van der Waals surface area contributed by atoms with Crippen LogP contribution in [-0.2, 0) is 7.05 Å². The summed E-state index contributed by atoms with van der Waals surface area (Å²) in [5, 5.41) is 13.4. The van der Waals surface area contributed by atoms with E-state index in [9.17, 15) is 5.11 Å². The van der Waals surface area contributed by atoms with Gasteiger partial charge in [0.15, 0.2) is 0 Å². The van der Waals surface area contributed by atoms with Crippen molar-refractivity contribution in [2.45, 2.75) is 26.0 Å². The van der Waals surface area contributed by atoms with E-state index in [0.29, 0.717) is 0 Å². The lowest BCUT2D eigenvalue weighted by Gasteiger charge is -2.10. The minimum atomic E-state index is -0.556. The summed E-state index contributed by atoms with van der Waals surface area (Å²) in [7, 11) is 1.85. The molecule has 0 saturated heterocycles. The summed E-state index contributed by atoms with van der Waals surface area (Å²) >= 11 is 0. The normalized spacial score (nSPS) is 16.1. The molecule has 0 aromatic carbocycles. The maximum absolute atomic E-state index is 9.20. The van der Waals surface area contributed by atoms with Crippen LogP contribution >= 0.6 is 0 Å². The van der Waals surface area contributed by atoms with Gasteiger partial charge in [-0.25, -0.2) is 0 Å². The van der Waals surface area contributed by atoms with E-state index in [2.05, 4.69) is 5.10 Å². The highest BCUT2D eigenvalue weighted by molar-refractivity contribution is 5.12. The fourth-order valence-corrected chi connectivity index (χ4v) is 0.998. The first kappa shape index (κ1) is 9.22. The van der Waals surface area contributed by atoms with Crippen LogP contribution in [0.25, 0.3) is 0 Å². The predicted molar refractivity (Wildman–Crippen MR) is 46.6 cm³/mol. The summed E-state index contributed by atoms with van der Waals surface area (Å²) in [4.78, 5) is 0. The maximum Gasteiger partial charge on any atom is 0.0820 e. The lowest BCUT2D eigenvalue weighted by Crippen LogP contribution is -2.23. The van der Waals surface area contributed by atoms with Gasteiger partial charge in [-0.15, -0.1) is 0 Å². The lowest BCUT2D eigenvalue weighted by atomic mass is 10.1. The SMILES string of the molecule is Cc1cc(C(N)C(C)O)nn1C. The summed E-state index contributed by atoms with van der Waals surface area (Å²) < 4.78 is 1.75. The minimum absolute atomic E-state index is 0.384. The third-order valence-electron chi connectivity index (χ3n) is 1.99. The molecule has 0 bridgehead atoms. The fraction of sp³-hybridized carbons (Fsp3) is 0.625. The van der Waals surface area contributed by atoms with Gasteiger partial charge in [-0.3, -0.25) is 4.68 Å². The monoisotopic (exact) mass is 169 g/mol. The van der Waals surface area contributed by atoms with Crippen LogP contribution in [-0.4, -0.2) is 21.0 Å². The first-order valence-electron chi connectivity index (χ1n) is 3.96. The second-order valence-electron chi connectivity index (χ2n) is 3.10. The van der Waals surface area contributed by atoms with E-state index in [1.807, 2.05) is 20.0 Å². The molecule has 0 saturated carbocycles. The van der Waals surface area contributed by atoms with Gasteiger partial charge in [0.2, 0.25) is 0 Å². The van der Waals surface area contributed by atoms with Gasteiger partial charge in [0.25, 0.3) is 0 Å². The van der Waals surface area contributed by atoms with Crippen molar-refractivity contribution in [2.24, 2.45) is 12.8 Å². The summed E-state index contributed by atoms with van der Waals surface area (Å²) in [5.74, 6) is 0. The number of aromatic nitrogens is 2. The molecule has 0 radical (unpaired) electrons. The molecule has 0 aliphatic heterocycles. The summed E-state index contributed by atoms with van der Waals surface area (Å²) in [6.45, 7) is 3.61. The Kier molecular flexibility index (Phi) is 2.49. The second kappa shape index (κ2) is 3.25. The predicted octanol–water partition coefficient (Wildman–Crippen LogP) is 0.109. The van der Waals surface area contributed by atoms with Crippen LogP contribution in [0.3, 0.4) is 0 Å². The Labute approximate surface area is 72.0 Å². The molecular weight excluding hydrogens is 154 g/mol. The van der Waals surface area contributed by atoms with E-state index < -0.39 is 6.10 Å². The standard InChI is InChI=1S/C8H15N3O/c1-5-4-7(10-11(5)3)8(9)6(2)12/h4,6,8,12H,9H2,1-3H3. The number of hydrogen-bond acceptors (Lipinski definition) is 3. The van der Waals surface area contributed by atoms with Crippen molar-refractivity contribution in [3.05, 3.63) is 17.5 Å². The Hall–Kier alpha value is -0.870. The van der Waals surface area contributed by atoms with Crippen LogP contribution in [0.4, 0.5) is 0 Å². The maximum atomic E-state index is 9.20. The Morgan fingerprint density at radius 1 is 1.67 bits per heavy atom. The van der Waals surface area contributed by atoms with Crippen LogP contribution in [0.15, 0.2) is 6.07 Å². The van der Waals surface area contributed by atoms with Crippen molar-refractivity contribution >= 4 is 0 Å². The van der Waals surface area contributed by atoms with Gasteiger partial charge in [-0.05, 0) is 19.9 Å². The lowest BCUT2D eigenvalue weighted by molar-refractivity contribution is 0.162. The van der Waals surface area contributed by atoms with Crippen molar-refractivity contribution in [3.8, 4) is 0 Å². The molecule has 3 N–H and O–H groups in total. The van der Waals surface area contributed by atoms with Crippen LogP contribution in [0.5, 0.6) is 0 Å². The molecule has 2 atom stereocenters. The van der Waals surface area contributed by atoms with Gasteiger partial charge in [0, 0.05) is 12.7 Å². The van der Waals surface area contributed by atoms with Gasteiger partial charge in [0.1, 0.15) is 0 Å². The summed E-state index contributed by atoms with van der Waals surface area (Å²) in [5.41, 5.74) is 7.48. The molecule has 12 heavy (non-hydrogen) atoms.